The molecule has 6 heteroatoms. The minimum Gasteiger partial charge on any atom is -0.367 e. The second-order valence-corrected chi connectivity index (χ2v) is 6.27. The lowest BCUT2D eigenvalue weighted by atomic mass is 10.1. The van der Waals surface area contributed by atoms with E-state index in [0.29, 0.717) is 13.0 Å². The molecule has 0 aromatic carbocycles. The van der Waals surface area contributed by atoms with Gasteiger partial charge in [-0.2, -0.15) is 0 Å². The Balaban J connectivity index is 1.85. The number of carbonyl (C=O) groups is 1. The Hall–Kier alpha value is -1.30. The van der Waals surface area contributed by atoms with Crippen LogP contribution in [-0.4, -0.2) is 30.8 Å². The highest BCUT2D eigenvalue weighted by molar-refractivity contribution is 7.91. The maximum atomic E-state index is 11.6. The van der Waals surface area contributed by atoms with Gasteiger partial charge < -0.3 is 10.3 Å². The lowest BCUT2D eigenvalue weighted by Gasteiger charge is -2.08. The van der Waals surface area contributed by atoms with E-state index in [0.717, 1.165) is 5.56 Å². The van der Waals surface area contributed by atoms with Gasteiger partial charge in [0.25, 0.3) is 0 Å². The van der Waals surface area contributed by atoms with Gasteiger partial charge >= 0.3 is 0 Å². The number of carbonyl (C=O) groups excluding carboxylic acids is 1. The average Bonchev–Trinajstić information content (AvgIpc) is 2.83. The first-order valence-electron chi connectivity index (χ1n) is 5.17. The number of rotatable bonds is 3. The van der Waals surface area contributed by atoms with Gasteiger partial charge in [-0.3, -0.25) is 4.79 Å². The zero-order valence-electron chi connectivity index (χ0n) is 8.77. The van der Waals surface area contributed by atoms with Gasteiger partial charge in [0.1, 0.15) is 0 Å². The molecule has 1 unspecified atom stereocenters. The van der Waals surface area contributed by atoms with Gasteiger partial charge in [0.15, 0.2) is 9.84 Å². The van der Waals surface area contributed by atoms with Gasteiger partial charge in [-0.1, -0.05) is 0 Å². The van der Waals surface area contributed by atoms with Crippen molar-refractivity contribution in [2.75, 3.05) is 11.5 Å². The third-order valence-electron chi connectivity index (χ3n) is 2.73. The van der Waals surface area contributed by atoms with Crippen LogP contribution in [-0.2, 0) is 21.2 Å². The van der Waals surface area contributed by atoms with E-state index >= 15 is 0 Å². The fourth-order valence-corrected chi connectivity index (χ4v) is 3.55. The third kappa shape index (κ3) is 2.63. The molecule has 2 N–H and O–H groups in total. The first kappa shape index (κ1) is 11.2. The van der Waals surface area contributed by atoms with Gasteiger partial charge in [-0.15, -0.1) is 0 Å². The molecule has 0 radical (unpaired) electrons. The summed E-state index contributed by atoms with van der Waals surface area (Å²) in [6.45, 7) is 0.443. The van der Waals surface area contributed by atoms with E-state index in [1.54, 1.807) is 12.4 Å². The molecule has 1 atom stereocenters. The summed E-state index contributed by atoms with van der Waals surface area (Å²) >= 11 is 0. The summed E-state index contributed by atoms with van der Waals surface area (Å²) < 4.78 is 22.4. The molecule has 1 amide bonds. The van der Waals surface area contributed by atoms with Crippen LogP contribution in [0.1, 0.15) is 12.0 Å². The molecular weight excluding hydrogens is 228 g/mol. The minimum absolute atomic E-state index is 0.00797. The highest BCUT2D eigenvalue weighted by atomic mass is 32.2. The molecule has 5 nitrogen and oxygen atoms in total. The molecule has 0 spiro atoms. The average molecular weight is 242 g/mol. The molecule has 0 bridgehead atoms. The molecule has 1 aliphatic heterocycles. The number of nitrogens with one attached hydrogen (secondary N) is 2. The second kappa shape index (κ2) is 4.29. The third-order valence-corrected chi connectivity index (χ3v) is 4.50. The Morgan fingerprint density at radius 2 is 2.38 bits per heavy atom. The first-order valence-corrected chi connectivity index (χ1v) is 6.99. The molecule has 1 aromatic rings. The van der Waals surface area contributed by atoms with E-state index in [1.807, 2.05) is 6.07 Å². The van der Waals surface area contributed by atoms with Crippen molar-refractivity contribution in [3.63, 3.8) is 0 Å². The maximum absolute atomic E-state index is 11.6. The van der Waals surface area contributed by atoms with Crippen LogP contribution in [0.15, 0.2) is 18.5 Å². The van der Waals surface area contributed by atoms with Crippen molar-refractivity contribution >= 4 is 15.7 Å². The standard InChI is InChI=1S/C10H14N2O3S/c13-10(9-2-4-16(14,15)7-9)12-6-8-1-3-11-5-8/h1,3,5,9,11H,2,4,6-7H2,(H,12,13). The van der Waals surface area contributed by atoms with Crippen molar-refractivity contribution < 1.29 is 13.2 Å². The summed E-state index contributed by atoms with van der Waals surface area (Å²) in [7, 11) is -2.98. The van der Waals surface area contributed by atoms with Gasteiger partial charge in [-0.05, 0) is 18.1 Å². The first-order chi connectivity index (χ1) is 7.57. The lowest BCUT2D eigenvalue weighted by Crippen LogP contribution is -2.30. The maximum Gasteiger partial charge on any atom is 0.224 e. The predicted molar refractivity (Wildman–Crippen MR) is 59.4 cm³/mol. The van der Waals surface area contributed by atoms with Crippen molar-refractivity contribution in [3.05, 3.63) is 24.0 Å². The molecular formula is C10H14N2O3S. The number of H-pyrrole nitrogens is 1. The normalized spacial score (nSPS) is 23.1. The molecule has 0 saturated carbocycles. The number of aromatic nitrogens is 1. The number of amides is 1. The van der Waals surface area contributed by atoms with E-state index in [-0.39, 0.29) is 23.3 Å². The SMILES string of the molecule is O=C(NCc1cc[nH]c1)C1CCS(=O)(=O)C1. The van der Waals surface area contributed by atoms with Crippen molar-refractivity contribution in [1.29, 1.82) is 0 Å². The molecule has 16 heavy (non-hydrogen) atoms. The Bertz CT molecular complexity index is 464. The van der Waals surface area contributed by atoms with Gasteiger partial charge in [0, 0.05) is 18.9 Å². The van der Waals surface area contributed by atoms with Crippen molar-refractivity contribution in [3.8, 4) is 0 Å². The van der Waals surface area contributed by atoms with E-state index in [4.69, 9.17) is 0 Å². The highest BCUT2D eigenvalue weighted by Crippen LogP contribution is 2.18. The van der Waals surface area contributed by atoms with Crippen LogP contribution in [0.25, 0.3) is 0 Å². The molecule has 1 aliphatic rings. The number of sulfone groups is 1. The largest absolute Gasteiger partial charge is 0.367 e. The minimum atomic E-state index is -2.98. The summed E-state index contributed by atoms with van der Waals surface area (Å²) in [6.07, 6.45) is 4.02. The van der Waals surface area contributed by atoms with E-state index < -0.39 is 9.84 Å². The van der Waals surface area contributed by atoms with Crippen LogP contribution in [0.2, 0.25) is 0 Å². The topological polar surface area (TPSA) is 79.0 Å². The fourth-order valence-electron chi connectivity index (χ4n) is 1.80. The van der Waals surface area contributed by atoms with E-state index in [9.17, 15) is 13.2 Å². The quantitative estimate of drug-likeness (QED) is 0.787. The van der Waals surface area contributed by atoms with Gasteiger partial charge in [-0.25, -0.2) is 8.42 Å². The van der Waals surface area contributed by atoms with E-state index in [2.05, 4.69) is 10.3 Å². The molecule has 1 fully saturated rings. The number of hydrogen-bond acceptors (Lipinski definition) is 3. The molecule has 2 rings (SSSR count). The van der Waals surface area contributed by atoms with Crippen molar-refractivity contribution in [2.45, 2.75) is 13.0 Å². The second-order valence-electron chi connectivity index (χ2n) is 4.04. The van der Waals surface area contributed by atoms with Crippen LogP contribution in [0.5, 0.6) is 0 Å². The molecule has 1 saturated heterocycles. The summed E-state index contributed by atoms with van der Waals surface area (Å²) in [6, 6.07) is 1.87. The van der Waals surface area contributed by atoms with Crippen LogP contribution < -0.4 is 5.32 Å². The Kier molecular flexibility index (Phi) is 3.00. The van der Waals surface area contributed by atoms with Crippen LogP contribution in [0.4, 0.5) is 0 Å². The smallest absolute Gasteiger partial charge is 0.224 e. The Morgan fingerprint density at radius 3 is 2.94 bits per heavy atom. The summed E-state index contributed by atoms with van der Waals surface area (Å²) in [5, 5.41) is 2.74. The highest BCUT2D eigenvalue weighted by Gasteiger charge is 2.32. The zero-order chi connectivity index (χ0) is 11.6. The molecule has 2 heterocycles. The summed E-state index contributed by atoms with van der Waals surface area (Å²) in [5.74, 6) is -0.410. The zero-order valence-corrected chi connectivity index (χ0v) is 9.59. The summed E-state index contributed by atoms with van der Waals surface area (Å²) in [5.41, 5.74) is 0.981. The Labute approximate surface area is 94.2 Å². The van der Waals surface area contributed by atoms with Crippen LogP contribution in [0.3, 0.4) is 0 Å². The predicted octanol–water partition coefficient (Wildman–Crippen LogP) is 0.0656. The monoisotopic (exact) mass is 242 g/mol. The van der Waals surface area contributed by atoms with Crippen LogP contribution >= 0.6 is 0 Å². The molecule has 1 aromatic heterocycles. The number of aromatic amines is 1. The molecule has 88 valence electrons. The fraction of sp³-hybridized carbons (Fsp3) is 0.500. The van der Waals surface area contributed by atoms with Crippen LogP contribution in [0, 0.1) is 5.92 Å². The van der Waals surface area contributed by atoms with Gasteiger partial charge in [0.05, 0.1) is 17.4 Å². The van der Waals surface area contributed by atoms with Crippen molar-refractivity contribution in [2.24, 2.45) is 5.92 Å². The summed E-state index contributed by atoms with van der Waals surface area (Å²) in [4.78, 5) is 14.5. The van der Waals surface area contributed by atoms with Crippen molar-refractivity contribution in [1.82, 2.24) is 10.3 Å². The van der Waals surface area contributed by atoms with Gasteiger partial charge in [0.2, 0.25) is 5.91 Å². The Morgan fingerprint density at radius 1 is 1.56 bits per heavy atom. The lowest BCUT2D eigenvalue weighted by molar-refractivity contribution is -0.124. The number of hydrogen-bond donors (Lipinski definition) is 2. The van der Waals surface area contributed by atoms with E-state index in [1.165, 1.54) is 0 Å². The molecule has 0 aliphatic carbocycles.